The normalized spacial score (nSPS) is 10.6. The van der Waals surface area contributed by atoms with Gasteiger partial charge in [-0.25, -0.2) is 0 Å². The molecular formula is C13H21NS. The van der Waals surface area contributed by atoms with Crippen LogP contribution >= 0.6 is 11.8 Å². The van der Waals surface area contributed by atoms with Crippen LogP contribution in [0.3, 0.4) is 0 Å². The van der Waals surface area contributed by atoms with Crippen LogP contribution in [-0.4, -0.2) is 19.3 Å². The molecule has 0 radical (unpaired) electrons. The van der Waals surface area contributed by atoms with Crippen LogP contribution in [0.15, 0.2) is 23.1 Å². The molecule has 1 rings (SSSR count). The molecule has 0 aromatic heterocycles. The zero-order chi connectivity index (χ0) is 11.1. The third-order valence-electron chi connectivity index (χ3n) is 2.51. The molecule has 0 aliphatic heterocycles. The van der Waals surface area contributed by atoms with Crippen molar-refractivity contribution >= 4 is 11.8 Å². The van der Waals surface area contributed by atoms with Crippen molar-refractivity contribution in [3.05, 3.63) is 29.3 Å². The molecule has 0 saturated carbocycles. The molecular weight excluding hydrogens is 202 g/mol. The first kappa shape index (κ1) is 12.6. The summed E-state index contributed by atoms with van der Waals surface area (Å²) in [5, 5.41) is 3.21. The van der Waals surface area contributed by atoms with Gasteiger partial charge in [-0.1, -0.05) is 19.9 Å². The van der Waals surface area contributed by atoms with Gasteiger partial charge in [0, 0.05) is 4.90 Å². The maximum absolute atomic E-state index is 3.21. The lowest BCUT2D eigenvalue weighted by Gasteiger charge is -2.09. The van der Waals surface area contributed by atoms with Gasteiger partial charge in [-0.05, 0) is 55.4 Å². The lowest BCUT2D eigenvalue weighted by molar-refractivity contribution is 0.783. The Morgan fingerprint density at radius 2 is 2.00 bits per heavy atom. The maximum Gasteiger partial charge on any atom is 0.00747 e. The molecule has 0 saturated heterocycles. The third-order valence-corrected chi connectivity index (χ3v) is 3.39. The van der Waals surface area contributed by atoms with Gasteiger partial charge in [0.2, 0.25) is 0 Å². The van der Waals surface area contributed by atoms with Crippen LogP contribution in [0, 0.1) is 0 Å². The monoisotopic (exact) mass is 223 g/mol. The Bertz CT molecular complexity index is 297. The number of aryl methyl sites for hydroxylation is 1. The molecule has 84 valence electrons. The Kier molecular flexibility index (Phi) is 5.81. The van der Waals surface area contributed by atoms with Gasteiger partial charge in [0.15, 0.2) is 0 Å². The Labute approximate surface area is 97.7 Å². The molecule has 0 unspecified atom stereocenters. The molecule has 1 aromatic carbocycles. The molecule has 15 heavy (non-hydrogen) atoms. The fraction of sp³-hybridized carbons (Fsp3) is 0.538. The fourth-order valence-corrected chi connectivity index (χ4v) is 2.42. The summed E-state index contributed by atoms with van der Waals surface area (Å²) >= 11 is 1.92. The Morgan fingerprint density at radius 1 is 1.20 bits per heavy atom. The summed E-state index contributed by atoms with van der Waals surface area (Å²) in [7, 11) is 2.01. The average Bonchev–Trinajstić information content (AvgIpc) is 2.27. The summed E-state index contributed by atoms with van der Waals surface area (Å²) in [6, 6.07) is 6.88. The van der Waals surface area contributed by atoms with Crippen molar-refractivity contribution in [1.82, 2.24) is 5.32 Å². The van der Waals surface area contributed by atoms with Crippen molar-refractivity contribution in [2.24, 2.45) is 0 Å². The first-order valence-corrected chi connectivity index (χ1v) is 6.69. The third kappa shape index (κ3) is 3.88. The molecule has 0 atom stereocenters. The SMILES string of the molecule is CCSc1ccc(CC)c(CCNC)c1. The second-order valence-electron chi connectivity index (χ2n) is 3.57. The van der Waals surface area contributed by atoms with E-state index in [2.05, 4.69) is 37.4 Å². The van der Waals surface area contributed by atoms with Crippen molar-refractivity contribution in [2.75, 3.05) is 19.3 Å². The van der Waals surface area contributed by atoms with Gasteiger partial charge in [-0.15, -0.1) is 11.8 Å². The molecule has 2 heteroatoms. The molecule has 0 bridgehead atoms. The van der Waals surface area contributed by atoms with E-state index in [0.717, 1.165) is 25.1 Å². The smallest absolute Gasteiger partial charge is 0.00747 e. The highest BCUT2D eigenvalue weighted by Crippen LogP contribution is 2.22. The van der Waals surface area contributed by atoms with Crippen LogP contribution in [0.4, 0.5) is 0 Å². The number of rotatable bonds is 6. The van der Waals surface area contributed by atoms with E-state index in [4.69, 9.17) is 0 Å². The summed E-state index contributed by atoms with van der Waals surface area (Å²) in [6.45, 7) is 5.49. The predicted molar refractivity (Wildman–Crippen MR) is 69.8 cm³/mol. The summed E-state index contributed by atoms with van der Waals surface area (Å²) in [4.78, 5) is 1.40. The fourth-order valence-electron chi connectivity index (χ4n) is 1.70. The van der Waals surface area contributed by atoms with Crippen LogP contribution in [0.1, 0.15) is 25.0 Å². The second kappa shape index (κ2) is 6.91. The summed E-state index contributed by atoms with van der Waals surface area (Å²) in [6.07, 6.45) is 2.27. The van der Waals surface area contributed by atoms with Crippen LogP contribution in [0.5, 0.6) is 0 Å². The van der Waals surface area contributed by atoms with E-state index in [-0.39, 0.29) is 0 Å². The minimum absolute atomic E-state index is 1.06. The van der Waals surface area contributed by atoms with Gasteiger partial charge in [-0.2, -0.15) is 0 Å². The lowest BCUT2D eigenvalue weighted by atomic mass is 10.0. The molecule has 1 aromatic rings. The zero-order valence-electron chi connectivity index (χ0n) is 9.97. The quantitative estimate of drug-likeness (QED) is 0.744. The molecule has 1 N–H and O–H groups in total. The molecule has 0 heterocycles. The summed E-state index contributed by atoms with van der Waals surface area (Å²) in [5.74, 6) is 1.15. The van der Waals surface area contributed by atoms with E-state index in [1.807, 2.05) is 18.8 Å². The molecule has 0 amide bonds. The Hall–Kier alpha value is -0.470. The second-order valence-corrected chi connectivity index (χ2v) is 4.91. The Morgan fingerprint density at radius 3 is 2.60 bits per heavy atom. The van der Waals surface area contributed by atoms with Crippen LogP contribution in [0.25, 0.3) is 0 Å². The van der Waals surface area contributed by atoms with Gasteiger partial charge in [0.25, 0.3) is 0 Å². The number of hydrogen-bond acceptors (Lipinski definition) is 2. The van der Waals surface area contributed by atoms with Crippen molar-refractivity contribution < 1.29 is 0 Å². The number of nitrogens with one attached hydrogen (secondary N) is 1. The average molecular weight is 223 g/mol. The van der Waals surface area contributed by atoms with Crippen LogP contribution in [0.2, 0.25) is 0 Å². The molecule has 1 nitrogen and oxygen atoms in total. The number of thioether (sulfide) groups is 1. The van der Waals surface area contributed by atoms with Crippen molar-refractivity contribution in [1.29, 1.82) is 0 Å². The van der Waals surface area contributed by atoms with Crippen molar-refractivity contribution in [3.63, 3.8) is 0 Å². The Balaban J connectivity index is 2.81. The summed E-state index contributed by atoms with van der Waals surface area (Å²) < 4.78 is 0. The van der Waals surface area contributed by atoms with Gasteiger partial charge >= 0.3 is 0 Å². The highest BCUT2D eigenvalue weighted by Gasteiger charge is 2.02. The van der Waals surface area contributed by atoms with E-state index in [1.165, 1.54) is 16.0 Å². The number of benzene rings is 1. The first-order valence-electron chi connectivity index (χ1n) is 5.71. The topological polar surface area (TPSA) is 12.0 Å². The van der Waals surface area contributed by atoms with Gasteiger partial charge in [0.05, 0.1) is 0 Å². The first-order chi connectivity index (χ1) is 7.31. The maximum atomic E-state index is 3.21. The van der Waals surface area contributed by atoms with Crippen molar-refractivity contribution in [3.8, 4) is 0 Å². The zero-order valence-corrected chi connectivity index (χ0v) is 10.8. The highest BCUT2D eigenvalue weighted by molar-refractivity contribution is 7.99. The molecule has 0 aliphatic carbocycles. The minimum Gasteiger partial charge on any atom is -0.319 e. The summed E-state index contributed by atoms with van der Waals surface area (Å²) in [5.41, 5.74) is 3.00. The van der Waals surface area contributed by atoms with Crippen LogP contribution in [-0.2, 0) is 12.8 Å². The van der Waals surface area contributed by atoms with E-state index >= 15 is 0 Å². The predicted octanol–water partition coefficient (Wildman–Crippen LogP) is 3.12. The van der Waals surface area contributed by atoms with Crippen LogP contribution < -0.4 is 5.32 Å². The standard InChI is InChI=1S/C13H21NS/c1-4-11-6-7-13(15-5-2)10-12(11)8-9-14-3/h6-7,10,14H,4-5,8-9H2,1-3H3. The molecule has 0 fully saturated rings. The van der Waals surface area contributed by atoms with Gasteiger partial charge < -0.3 is 5.32 Å². The lowest BCUT2D eigenvalue weighted by Crippen LogP contribution is -2.11. The van der Waals surface area contributed by atoms with E-state index in [1.54, 1.807) is 0 Å². The van der Waals surface area contributed by atoms with E-state index in [9.17, 15) is 0 Å². The van der Waals surface area contributed by atoms with Gasteiger partial charge in [-0.3, -0.25) is 0 Å². The van der Waals surface area contributed by atoms with Gasteiger partial charge in [0.1, 0.15) is 0 Å². The van der Waals surface area contributed by atoms with Crippen molar-refractivity contribution in [2.45, 2.75) is 31.6 Å². The highest BCUT2D eigenvalue weighted by atomic mass is 32.2. The largest absolute Gasteiger partial charge is 0.319 e. The number of hydrogen-bond donors (Lipinski definition) is 1. The molecule has 0 spiro atoms. The minimum atomic E-state index is 1.06. The molecule has 0 aliphatic rings. The van der Waals surface area contributed by atoms with E-state index < -0.39 is 0 Å². The number of likely N-dealkylation sites (N-methyl/N-ethyl adjacent to an activating group) is 1. The van der Waals surface area contributed by atoms with E-state index in [0.29, 0.717) is 0 Å².